The number of hydrogen-bond acceptors (Lipinski definition) is 7. The molecule has 1 aromatic heterocycles. The molecular weight excluding hydrogens is 464 g/mol. The predicted molar refractivity (Wildman–Crippen MR) is 129 cm³/mol. The van der Waals surface area contributed by atoms with Gasteiger partial charge in [0.1, 0.15) is 22.9 Å². The third kappa shape index (κ3) is 3.91. The number of aliphatic hydroxyl groups is 1. The number of piperidine rings is 1. The van der Waals surface area contributed by atoms with Crippen LogP contribution < -0.4 is 9.80 Å². The molecule has 0 amide bonds. The molecule has 1 atom stereocenters. The summed E-state index contributed by atoms with van der Waals surface area (Å²) in [6, 6.07) is 5.61. The number of hydrogen-bond donors (Lipinski definition) is 2. The number of phenols is 1. The van der Waals surface area contributed by atoms with E-state index in [0.717, 1.165) is 12.5 Å². The molecule has 0 bridgehead atoms. The monoisotopic (exact) mass is 489 g/mol. The fourth-order valence-electron chi connectivity index (χ4n) is 4.63. The number of nitrogens with zero attached hydrogens (tertiary/aromatic N) is 5. The normalized spacial score (nSPS) is 19.2. The van der Waals surface area contributed by atoms with Gasteiger partial charge in [0.2, 0.25) is 5.95 Å². The van der Waals surface area contributed by atoms with Gasteiger partial charge < -0.3 is 24.9 Å². The highest BCUT2D eigenvalue weighted by Gasteiger charge is 2.33. The van der Waals surface area contributed by atoms with Crippen molar-refractivity contribution in [1.82, 2.24) is 14.9 Å². The molecule has 5 rings (SSSR count). The lowest BCUT2D eigenvalue weighted by Crippen LogP contribution is -2.58. The fourth-order valence-corrected chi connectivity index (χ4v) is 4.92. The Kier molecular flexibility index (Phi) is 5.95. The summed E-state index contributed by atoms with van der Waals surface area (Å²) in [5.74, 6) is -1.17. The minimum Gasteiger partial charge on any atom is -0.507 e. The first-order valence-electron chi connectivity index (χ1n) is 11.3. The second-order valence-corrected chi connectivity index (χ2v) is 9.60. The number of likely N-dealkylation sites (N-methyl/N-ethyl adjacent to an activating group) is 1. The lowest BCUT2D eigenvalue weighted by Gasteiger charge is -2.43. The molecule has 0 radical (unpaired) electrons. The standard InChI is InChI=1S/C24H26ClF2N5O2/c1-30(2)13-10-32(11-13)24-28-22-15(23(29-24)31-8-4-5-14(33)12-31)9-16(25)19(21(22)27)20-17(26)6-3-7-18(20)34/h3,6-7,9,13-14,33-34H,4-5,8,10-12H2,1-2H3. The molecule has 2 fully saturated rings. The summed E-state index contributed by atoms with van der Waals surface area (Å²) < 4.78 is 30.7. The quantitative estimate of drug-likeness (QED) is 0.579. The van der Waals surface area contributed by atoms with Crippen molar-refractivity contribution in [3.63, 3.8) is 0 Å². The summed E-state index contributed by atoms with van der Waals surface area (Å²) in [5.41, 5.74) is -0.553. The Bertz CT molecular complexity index is 1230. The van der Waals surface area contributed by atoms with Gasteiger partial charge in [-0.05, 0) is 45.1 Å². The van der Waals surface area contributed by atoms with Crippen LogP contribution in [0, 0.1) is 11.6 Å². The van der Waals surface area contributed by atoms with Crippen molar-refractivity contribution in [2.75, 3.05) is 50.1 Å². The number of halogens is 3. The van der Waals surface area contributed by atoms with Gasteiger partial charge in [0.25, 0.3) is 0 Å². The number of aromatic hydroxyl groups is 1. The van der Waals surface area contributed by atoms with E-state index in [1.54, 1.807) is 0 Å². The van der Waals surface area contributed by atoms with Gasteiger partial charge in [-0.3, -0.25) is 0 Å². The van der Waals surface area contributed by atoms with Gasteiger partial charge in [-0.2, -0.15) is 4.98 Å². The summed E-state index contributed by atoms with van der Waals surface area (Å²) >= 11 is 6.46. The molecule has 7 nitrogen and oxygen atoms in total. The molecule has 0 saturated carbocycles. The van der Waals surface area contributed by atoms with Crippen LogP contribution in [0.2, 0.25) is 5.02 Å². The average molecular weight is 490 g/mol. The van der Waals surface area contributed by atoms with Gasteiger partial charge in [0.15, 0.2) is 5.82 Å². The van der Waals surface area contributed by atoms with Crippen LogP contribution in [0.3, 0.4) is 0 Å². The summed E-state index contributed by atoms with van der Waals surface area (Å²) in [6.07, 6.45) is 0.944. The molecule has 2 aliphatic rings. The van der Waals surface area contributed by atoms with E-state index in [4.69, 9.17) is 16.6 Å². The third-order valence-electron chi connectivity index (χ3n) is 6.66. The zero-order valence-corrected chi connectivity index (χ0v) is 19.7. The summed E-state index contributed by atoms with van der Waals surface area (Å²) in [7, 11) is 4.00. The van der Waals surface area contributed by atoms with Gasteiger partial charge in [-0.1, -0.05) is 17.7 Å². The molecule has 2 aliphatic heterocycles. The summed E-state index contributed by atoms with van der Waals surface area (Å²) in [6.45, 7) is 2.40. The lowest BCUT2D eigenvalue weighted by molar-refractivity contribution is 0.154. The molecule has 2 saturated heterocycles. The van der Waals surface area contributed by atoms with Gasteiger partial charge in [0, 0.05) is 43.2 Å². The van der Waals surface area contributed by atoms with Crippen molar-refractivity contribution < 1.29 is 19.0 Å². The van der Waals surface area contributed by atoms with E-state index in [1.807, 2.05) is 23.9 Å². The maximum absolute atomic E-state index is 16.0. The first kappa shape index (κ1) is 23.0. The number of phenolic OH excluding ortho intramolecular Hbond substituents is 1. The molecule has 2 N–H and O–H groups in total. The van der Waals surface area contributed by atoms with Crippen LogP contribution in [0.4, 0.5) is 20.5 Å². The number of aromatic nitrogens is 2. The Morgan fingerprint density at radius 3 is 2.53 bits per heavy atom. The van der Waals surface area contributed by atoms with E-state index in [-0.39, 0.29) is 21.7 Å². The number of anilines is 2. The minimum atomic E-state index is -0.824. The van der Waals surface area contributed by atoms with E-state index in [0.29, 0.717) is 55.8 Å². The summed E-state index contributed by atoms with van der Waals surface area (Å²) in [5, 5.41) is 20.8. The molecule has 34 heavy (non-hydrogen) atoms. The van der Waals surface area contributed by atoms with Gasteiger partial charge >= 0.3 is 0 Å². The second kappa shape index (κ2) is 8.79. The van der Waals surface area contributed by atoms with Crippen LogP contribution in [-0.2, 0) is 0 Å². The van der Waals surface area contributed by atoms with E-state index in [2.05, 4.69) is 9.88 Å². The van der Waals surface area contributed by atoms with Crippen LogP contribution in [-0.4, -0.2) is 77.5 Å². The first-order valence-corrected chi connectivity index (χ1v) is 11.6. The van der Waals surface area contributed by atoms with Gasteiger partial charge in [-0.25, -0.2) is 13.8 Å². The Morgan fingerprint density at radius 2 is 1.85 bits per heavy atom. The Labute approximate surface area is 201 Å². The fraction of sp³-hybridized carbons (Fsp3) is 0.417. The van der Waals surface area contributed by atoms with Crippen LogP contribution in [0.1, 0.15) is 12.8 Å². The van der Waals surface area contributed by atoms with Crippen molar-refractivity contribution in [2.24, 2.45) is 0 Å². The van der Waals surface area contributed by atoms with Crippen LogP contribution >= 0.6 is 11.6 Å². The minimum absolute atomic E-state index is 0.00424. The van der Waals surface area contributed by atoms with Gasteiger partial charge in [0.05, 0.1) is 16.7 Å². The van der Waals surface area contributed by atoms with Crippen molar-refractivity contribution >= 4 is 34.3 Å². The van der Waals surface area contributed by atoms with Crippen LogP contribution in [0.15, 0.2) is 24.3 Å². The Balaban J connectivity index is 1.70. The molecule has 1 unspecified atom stereocenters. The molecule has 10 heteroatoms. The molecule has 0 aliphatic carbocycles. The van der Waals surface area contributed by atoms with E-state index in [9.17, 15) is 14.6 Å². The first-order chi connectivity index (χ1) is 16.2. The van der Waals surface area contributed by atoms with Crippen molar-refractivity contribution in [3.05, 3.63) is 40.9 Å². The molecule has 3 heterocycles. The maximum atomic E-state index is 16.0. The number of rotatable bonds is 4. The Hall–Kier alpha value is -2.75. The summed E-state index contributed by atoms with van der Waals surface area (Å²) in [4.78, 5) is 15.3. The number of benzene rings is 2. The van der Waals surface area contributed by atoms with Crippen molar-refractivity contribution in [2.45, 2.75) is 25.0 Å². The third-order valence-corrected chi connectivity index (χ3v) is 6.96. The molecule has 2 aromatic carbocycles. The molecular formula is C24H26ClF2N5O2. The second-order valence-electron chi connectivity index (χ2n) is 9.19. The highest BCUT2D eigenvalue weighted by molar-refractivity contribution is 6.34. The van der Waals surface area contributed by atoms with Crippen LogP contribution in [0.5, 0.6) is 5.75 Å². The SMILES string of the molecule is CN(C)C1CN(c2nc(N3CCCC(O)C3)c3cc(Cl)c(-c4c(O)cccc4F)c(F)c3n2)C1. The predicted octanol–water partition coefficient (Wildman–Crippen LogP) is 3.65. The van der Waals surface area contributed by atoms with Crippen molar-refractivity contribution in [3.8, 4) is 16.9 Å². The topological polar surface area (TPSA) is 76.0 Å². The van der Waals surface area contributed by atoms with E-state index < -0.39 is 23.5 Å². The zero-order chi connectivity index (χ0) is 24.1. The average Bonchev–Trinajstić information content (AvgIpc) is 2.74. The number of fused-ring (bicyclic) bond motifs is 1. The molecule has 0 spiro atoms. The highest BCUT2D eigenvalue weighted by Crippen LogP contribution is 2.43. The van der Waals surface area contributed by atoms with E-state index in [1.165, 1.54) is 18.2 Å². The van der Waals surface area contributed by atoms with Crippen LogP contribution in [0.25, 0.3) is 22.0 Å². The Morgan fingerprint density at radius 1 is 1.09 bits per heavy atom. The van der Waals surface area contributed by atoms with Crippen molar-refractivity contribution in [1.29, 1.82) is 0 Å². The molecule has 180 valence electrons. The highest BCUT2D eigenvalue weighted by atomic mass is 35.5. The largest absolute Gasteiger partial charge is 0.507 e. The number of aliphatic hydroxyl groups excluding tert-OH is 1. The molecule has 3 aromatic rings. The maximum Gasteiger partial charge on any atom is 0.228 e. The van der Waals surface area contributed by atoms with Gasteiger partial charge in [-0.15, -0.1) is 0 Å². The number of β-amino-alcohol motifs (C(OH)–C–C–N with tert-alkyl or cyclic N) is 1. The smallest absolute Gasteiger partial charge is 0.228 e. The lowest BCUT2D eigenvalue weighted by atomic mass is 10.0. The van der Waals surface area contributed by atoms with E-state index >= 15 is 4.39 Å². The zero-order valence-electron chi connectivity index (χ0n) is 19.0.